The van der Waals surface area contributed by atoms with Crippen LogP contribution in [-0.2, 0) is 0 Å². The van der Waals surface area contributed by atoms with E-state index in [1.54, 1.807) is 54.6 Å². The molecule has 3 aromatic carbocycles. The Morgan fingerprint density at radius 3 is 2.03 bits per heavy atom. The van der Waals surface area contributed by atoms with Crippen molar-refractivity contribution in [3.05, 3.63) is 107 Å². The lowest BCUT2D eigenvalue weighted by molar-refractivity contribution is 0.0796. The van der Waals surface area contributed by atoms with Gasteiger partial charge in [-0.15, -0.1) is 0 Å². The summed E-state index contributed by atoms with van der Waals surface area (Å²) in [5.74, 6) is -2.13. The van der Waals surface area contributed by atoms with E-state index in [0.717, 1.165) is 11.3 Å². The summed E-state index contributed by atoms with van der Waals surface area (Å²) in [4.78, 5) is 41.9. The molecule has 1 unspecified atom stereocenters. The summed E-state index contributed by atoms with van der Waals surface area (Å²) in [5, 5.41) is 0. The second-order valence-electron chi connectivity index (χ2n) is 7.49. The Hall–Kier alpha value is -3.79. The zero-order chi connectivity index (χ0) is 21.3. The number of benzene rings is 3. The Kier molecular flexibility index (Phi) is 5.15. The molecule has 0 fully saturated rings. The molecule has 1 atom stereocenters. The highest BCUT2D eigenvalue weighted by atomic mass is 16.2. The molecule has 30 heavy (non-hydrogen) atoms. The Balaban J connectivity index is 1.85. The standard InChI is InChI=1S/C26H21NO3/c1-27(2)19-14-12-17(13-15-19)16-22-23(24(28)18-8-4-3-5-9-18)26(30)21-11-7-6-10-20(21)25(22)29/h3-16,23H,1-2H3/b22-16-. The lowest BCUT2D eigenvalue weighted by Gasteiger charge is -2.24. The van der Waals surface area contributed by atoms with Crippen LogP contribution in [0.15, 0.2) is 84.4 Å². The van der Waals surface area contributed by atoms with E-state index in [2.05, 4.69) is 0 Å². The average molecular weight is 395 g/mol. The maximum absolute atomic E-state index is 13.3. The normalized spacial score (nSPS) is 17.0. The molecule has 4 heteroatoms. The molecule has 0 radical (unpaired) electrons. The number of carbonyl (C=O) groups excluding carboxylic acids is 3. The summed E-state index contributed by atoms with van der Waals surface area (Å²) < 4.78 is 0. The molecule has 0 amide bonds. The van der Waals surface area contributed by atoms with Gasteiger partial charge in [0.15, 0.2) is 17.3 Å². The summed E-state index contributed by atoms with van der Waals surface area (Å²) in [7, 11) is 3.89. The SMILES string of the molecule is CN(C)c1ccc(/C=C2\C(=O)c3ccccc3C(=O)C2C(=O)c2ccccc2)cc1. The molecule has 0 heterocycles. The number of fused-ring (bicyclic) bond motifs is 1. The third-order valence-corrected chi connectivity index (χ3v) is 5.32. The first kappa shape index (κ1) is 19.5. The molecule has 0 spiro atoms. The summed E-state index contributed by atoms with van der Waals surface area (Å²) >= 11 is 0. The topological polar surface area (TPSA) is 54.5 Å². The highest BCUT2D eigenvalue weighted by Crippen LogP contribution is 2.33. The van der Waals surface area contributed by atoms with Crippen LogP contribution >= 0.6 is 0 Å². The Labute approximate surface area is 175 Å². The van der Waals surface area contributed by atoms with Crippen molar-refractivity contribution < 1.29 is 14.4 Å². The third kappa shape index (κ3) is 3.48. The van der Waals surface area contributed by atoms with E-state index in [4.69, 9.17) is 0 Å². The number of carbonyl (C=O) groups is 3. The van der Waals surface area contributed by atoms with Crippen molar-refractivity contribution in [3.8, 4) is 0 Å². The van der Waals surface area contributed by atoms with Crippen molar-refractivity contribution in [3.63, 3.8) is 0 Å². The molecular weight excluding hydrogens is 374 g/mol. The van der Waals surface area contributed by atoms with E-state index in [9.17, 15) is 14.4 Å². The van der Waals surface area contributed by atoms with Crippen molar-refractivity contribution in [1.29, 1.82) is 0 Å². The molecule has 0 bridgehead atoms. The summed E-state index contributed by atoms with van der Waals surface area (Å²) in [6.45, 7) is 0. The lowest BCUT2D eigenvalue weighted by atomic mass is 9.74. The van der Waals surface area contributed by atoms with Crippen LogP contribution in [0.4, 0.5) is 5.69 Å². The van der Waals surface area contributed by atoms with Crippen LogP contribution in [0.1, 0.15) is 36.6 Å². The van der Waals surface area contributed by atoms with Crippen LogP contribution in [0.3, 0.4) is 0 Å². The van der Waals surface area contributed by atoms with Crippen molar-refractivity contribution in [1.82, 2.24) is 0 Å². The quantitative estimate of drug-likeness (QED) is 0.365. The fourth-order valence-electron chi connectivity index (χ4n) is 3.71. The number of rotatable bonds is 4. The van der Waals surface area contributed by atoms with E-state index < -0.39 is 5.92 Å². The molecule has 1 aliphatic rings. The van der Waals surface area contributed by atoms with E-state index in [1.165, 1.54) is 0 Å². The summed E-state index contributed by atoms with van der Waals surface area (Å²) in [5.41, 5.74) is 3.06. The highest BCUT2D eigenvalue weighted by molar-refractivity contribution is 6.32. The molecular formula is C26H21NO3. The van der Waals surface area contributed by atoms with Gasteiger partial charge in [0.25, 0.3) is 0 Å². The van der Waals surface area contributed by atoms with E-state index in [1.807, 2.05) is 49.3 Å². The number of hydrogen-bond acceptors (Lipinski definition) is 4. The third-order valence-electron chi connectivity index (χ3n) is 5.32. The average Bonchev–Trinajstić information content (AvgIpc) is 2.78. The van der Waals surface area contributed by atoms with Gasteiger partial charge in [-0.3, -0.25) is 14.4 Å². The highest BCUT2D eigenvalue weighted by Gasteiger charge is 2.41. The minimum absolute atomic E-state index is 0.213. The van der Waals surface area contributed by atoms with Gasteiger partial charge >= 0.3 is 0 Å². The maximum Gasteiger partial charge on any atom is 0.190 e. The van der Waals surface area contributed by atoms with Crippen molar-refractivity contribution >= 4 is 29.1 Å². The minimum Gasteiger partial charge on any atom is -0.378 e. The van der Waals surface area contributed by atoms with Crippen LogP contribution in [0.2, 0.25) is 0 Å². The first-order valence-electron chi connectivity index (χ1n) is 9.73. The molecule has 0 N–H and O–H groups in total. The van der Waals surface area contributed by atoms with Gasteiger partial charge in [0.2, 0.25) is 0 Å². The monoisotopic (exact) mass is 395 g/mol. The Bertz CT molecular complexity index is 1160. The molecule has 4 nitrogen and oxygen atoms in total. The second-order valence-corrected chi connectivity index (χ2v) is 7.49. The summed E-state index contributed by atoms with van der Waals surface area (Å²) in [6, 6.07) is 23.0. The fraction of sp³-hybridized carbons (Fsp3) is 0.115. The van der Waals surface area contributed by atoms with Gasteiger partial charge in [0.05, 0.1) is 0 Å². The molecule has 0 saturated heterocycles. The smallest absolute Gasteiger partial charge is 0.190 e. The van der Waals surface area contributed by atoms with Gasteiger partial charge in [0, 0.05) is 42.0 Å². The molecule has 0 aromatic heterocycles. The number of Topliss-reactive ketones (excluding diaryl/α,β-unsaturated/α-hetero) is 3. The van der Waals surface area contributed by atoms with Crippen LogP contribution in [0, 0.1) is 5.92 Å². The number of hydrogen-bond donors (Lipinski definition) is 0. The molecule has 0 aliphatic heterocycles. The number of anilines is 1. The predicted molar refractivity (Wildman–Crippen MR) is 118 cm³/mol. The van der Waals surface area contributed by atoms with Crippen molar-refractivity contribution in [2.45, 2.75) is 0 Å². The van der Waals surface area contributed by atoms with Gasteiger partial charge in [0.1, 0.15) is 5.92 Å². The van der Waals surface area contributed by atoms with Crippen molar-refractivity contribution in [2.24, 2.45) is 5.92 Å². The zero-order valence-electron chi connectivity index (χ0n) is 16.8. The zero-order valence-corrected chi connectivity index (χ0v) is 16.8. The summed E-state index contributed by atoms with van der Waals surface area (Å²) in [6.07, 6.45) is 1.67. The van der Waals surface area contributed by atoms with Crippen LogP contribution < -0.4 is 4.90 Å². The maximum atomic E-state index is 13.3. The van der Waals surface area contributed by atoms with E-state index in [0.29, 0.717) is 16.7 Å². The van der Waals surface area contributed by atoms with Crippen LogP contribution in [0.25, 0.3) is 6.08 Å². The fourth-order valence-corrected chi connectivity index (χ4v) is 3.71. The molecule has 4 rings (SSSR count). The van der Waals surface area contributed by atoms with E-state index >= 15 is 0 Å². The van der Waals surface area contributed by atoms with Crippen molar-refractivity contribution in [2.75, 3.05) is 19.0 Å². The molecule has 0 saturated carbocycles. The first-order chi connectivity index (χ1) is 14.5. The predicted octanol–water partition coefficient (Wildman–Crippen LogP) is 4.71. The van der Waals surface area contributed by atoms with E-state index in [-0.39, 0.29) is 22.9 Å². The molecule has 3 aromatic rings. The van der Waals surface area contributed by atoms with Gasteiger partial charge in [-0.05, 0) is 23.8 Å². The Morgan fingerprint density at radius 2 is 1.40 bits per heavy atom. The van der Waals surface area contributed by atoms with Crippen LogP contribution in [-0.4, -0.2) is 31.4 Å². The number of allylic oxidation sites excluding steroid dienone is 1. The van der Waals surface area contributed by atoms with Crippen LogP contribution in [0.5, 0.6) is 0 Å². The lowest BCUT2D eigenvalue weighted by Crippen LogP contribution is -2.35. The first-order valence-corrected chi connectivity index (χ1v) is 9.73. The Morgan fingerprint density at radius 1 is 0.800 bits per heavy atom. The van der Waals surface area contributed by atoms with Gasteiger partial charge < -0.3 is 4.90 Å². The largest absolute Gasteiger partial charge is 0.378 e. The minimum atomic E-state index is -1.15. The van der Waals surface area contributed by atoms with Gasteiger partial charge in [-0.1, -0.05) is 66.7 Å². The number of ketones is 3. The van der Waals surface area contributed by atoms with Gasteiger partial charge in [-0.2, -0.15) is 0 Å². The number of nitrogens with zero attached hydrogens (tertiary/aromatic N) is 1. The molecule has 148 valence electrons. The molecule has 1 aliphatic carbocycles. The second kappa shape index (κ2) is 7.91. The van der Waals surface area contributed by atoms with Gasteiger partial charge in [-0.25, -0.2) is 0 Å².